The summed E-state index contributed by atoms with van der Waals surface area (Å²) < 4.78 is 6.09. The van der Waals surface area contributed by atoms with Gasteiger partial charge < -0.3 is 4.42 Å². The van der Waals surface area contributed by atoms with E-state index in [1.165, 1.54) is 21.9 Å². The van der Waals surface area contributed by atoms with Crippen LogP contribution in [0.3, 0.4) is 0 Å². The number of rotatable bonds is 1. The summed E-state index contributed by atoms with van der Waals surface area (Å²) in [4.78, 5) is 0. The van der Waals surface area contributed by atoms with Crippen LogP contribution in [0.4, 0.5) is 0 Å². The molecule has 0 unspecified atom stereocenters. The van der Waals surface area contributed by atoms with Gasteiger partial charge in [-0.1, -0.05) is 74.5 Å². The highest BCUT2D eigenvalue weighted by atomic mass is 16.3. The maximum absolute atomic E-state index is 6.09. The molecule has 0 atom stereocenters. The van der Waals surface area contributed by atoms with Crippen molar-refractivity contribution < 1.29 is 4.42 Å². The molecular weight excluding hydrogens is 268 g/mol. The number of fused-ring (bicyclic) bond motifs is 3. The second-order valence-electron chi connectivity index (χ2n) is 5.10. The second-order valence-corrected chi connectivity index (χ2v) is 5.10. The van der Waals surface area contributed by atoms with Crippen molar-refractivity contribution in [2.75, 3.05) is 0 Å². The van der Waals surface area contributed by atoms with Crippen LogP contribution in [0.15, 0.2) is 71.1 Å². The van der Waals surface area contributed by atoms with E-state index in [0.717, 1.165) is 16.7 Å². The van der Waals surface area contributed by atoms with Crippen molar-refractivity contribution in [1.82, 2.24) is 0 Å². The SMILES string of the molecule is CC.Cc1ccccc1-c1cccc2c1oc1ccccc12. The Morgan fingerprint density at radius 2 is 1.27 bits per heavy atom. The van der Waals surface area contributed by atoms with Crippen molar-refractivity contribution in [2.45, 2.75) is 20.8 Å². The van der Waals surface area contributed by atoms with Crippen molar-refractivity contribution in [3.63, 3.8) is 0 Å². The van der Waals surface area contributed by atoms with Crippen LogP contribution < -0.4 is 0 Å². The highest BCUT2D eigenvalue weighted by Gasteiger charge is 2.12. The van der Waals surface area contributed by atoms with Crippen LogP contribution in [0.1, 0.15) is 19.4 Å². The average molecular weight is 288 g/mol. The third kappa shape index (κ3) is 2.29. The van der Waals surface area contributed by atoms with Gasteiger partial charge in [-0.25, -0.2) is 0 Å². The van der Waals surface area contributed by atoms with Gasteiger partial charge in [-0.05, 0) is 24.1 Å². The molecular formula is C21H20O. The van der Waals surface area contributed by atoms with E-state index in [4.69, 9.17) is 4.42 Å². The number of aryl methyl sites for hydroxylation is 1. The van der Waals surface area contributed by atoms with Crippen LogP contribution in [0.2, 0.25) is 0 Å². The van der Waals surface area contributed by atoms with Crippen molar-refractivity contribution >= 4 is 21.9 Å². The first-order valence-corrected chi connectivity index (χ1v) is 7.81. The van der Waals surface area contributed by atoms with E-state index in [0.29, 0.717) is 0 Å². The fourth-order valence-electron chi connectivity index (χ4n) is 2.83. The zero-order valence-electron chi connectivity index (χ0n) is 13.3. The summed E-state index contributed by atoms with van der Waals surface area (Å²) in [6, 6.07) is 23.0. The Kier molecular flexibility index (Phi) is 3.97. The Bertz CT molecular complexity index is 915. The maximum Gasteiger partial charge on any atom is 0.143 e. The van der Waals surface area contributed by atoms with E-state index in [1.807, 2.05) is 26.0 Å². The summed E-state index contributed by atoms with van der Waals surface area (Å²) in [6.45, 7) is 6.14. The molecule has 1 aromatic heterocycles. The molecule has 22 heavy (non-hydrogen) atoms. The predicted octanol–water partition coefficient (Wildman–Crippen LogP) is 6.59. The maximum atomic E-state index is 6.09. The molecule has 0 N–H and O–H groups in total. The lowest BCUT2D eigenvalue weighted by Gasteiger charge is -2.06. The van der Waals surface area contributed by atoms with Crippen LogP contribution in [-0.2, 0) is 0 Å². The molecule has 0 aliphatic heterocycles. The summed E-state index contributed by atoms with van der Waals surface area (Å²) in [5, 5.41) is 2.36. The van der Waals surface area contributed by atoms with Gasteiger partial charge in [0.05, 0.1) is 0 Å². The Hall–Kier alpha value is -2.54. The molecule has 4 rings (SSSR count). The molecule has 0 fully saturated rings. The lowest BCUT2D eigenvalue weighted by atomic mass is 9.98. The van der Waals surface area contributed by atoms with Crippen LogP contribution >= 0.6 is 0 Å². The van der Waals surface area contributed by atoms with Gasteiger partial charge >= 0.3 is 0 Å². The van der Waals surface area contributed by atoms with Gasteiger partial charge in [0.2, 0.25) is 0 Å². The number of furan rings is 1. The summed E-state index contributed by atoms with van der Waals surface area (Å²) in [7, 11) is 0. The molecule has 1 heteroatoms. The van der Waals surface area contributed by atoms with Gasteiger partial charge in [-0.3, -0.25) is 0 Å². The van der Waals surface area contributed by atoms with Gasteiger partial charge in [0.15, 0.2) is 0 Å². The fraction of sp³-hybridized carbons (Fsp3) is 0.143. The van der Waals surface area contributed by atoms with Crippen molar-refractivity contribution in [3.8, 4) is 11.1 Å². The van der Waals surface area contributed by atoms with E-state index >= 15 is 0 Å². The molecule has 0 saturated carbocycles. The largest absolute Gasteiger partial charge is 0.455 e. The third-order valence-corrected chi connectivity index (χ3v) is 3.84. The minimum Gasteiger partial charge on any atom is -0.455 e. The number of hydrogen-bond acceptors (Lipinski definition) is 1. The fourth-order valence-corrected chi connectivity index (χ4v) is 2.83. The van der Waals surface area contributed by atoms with Gasteiger partial charge in [0.1, 0.15) is 11.2 Å². The van der Waals surface area contributed by atoms with E-state index in [9.17, 15) is 0 Å². The summed E-state index contributed by atoms with van der Waals surface area (Å²) in [5.41, 5.74) is 5.58. The first kappa shape index (κ1) is 14.4. The quantitative estimate of drug-likeness (QED) is 0.385. The molecule has 0 bridgehead atoms. The zero-order chi connectivity index (χ0) is 15.5. The van der Waals surface area contributed by atoms with Crippen LogP contribution in [0.5, 0.6) is 0 Å². The molecule has 0 radical (unpaired) electrons. The standard InChI is InChI=1S/C19H14O.C2H6/c1-13-7-2-3-8-14(13)16-10-6-11-17-15-9-4-5-12-18(15)20-19(16)17;1-2/h2-12H,1H3;1-2H3. The highest BCUT2D eigenvalue weighted by molar-refractivity contribution is 6.09. The van der Waals surface area contributed by atoms with Crippen molar-refractivity contribution in [1.29, 1.82) is 0 Å². The van der Waals surface area contributed by atoms with Gasteiger partial charge in [-0.2, -0.15) is 0 Å². The van der Waals surface area contributed by atoms with Gasteiger partial charge in [-0.15, -0.1) is 0 Å². The first-order chi connectivity index (χ1) is 10.8. The van der Waals surface area contributed by atoms with Gasteiger partial charge in [0, 0.05) is 16.3 Å². The Morgan fingerprint density at radius 1 is 0.636 bits per heavy atom. The smallest absolute Gasteiger partial charge is 0.143 e. The summed E-state index contributed by atoms with van der Waals surface area (Å²) >= 11 is 0. The predicted molar refractivity (Wildman–Crippen MR) is 95.2 cm³/mol. The molecule has 0 saturated heterocycles. The summed E-state index contributed by atoms with van der Waals surface area (Å²) in [6.07, 6.45) is 0. The second kappa shape index (κ2) is 6.07. The molecule has 0 aliphatic rings. The average Bonchev–Trinajstić information content (AvgIpc) is 2.96. The minimum absolute atomic E-state index is 0.948. The van der Waals surface area contributed by atoms with Crippen LogP contribution in [0, 0.1) is 6.92 Å². The van der Waals surface area contributed by atoms with Crippen molar-refractivity contribution in [2.24, 2.45) is 0 Å². The molecule has 0 spiro atoms. The number of hydrogen-bond donors (Lipinski definition) is 0. The van der Waals surface area contributed by atoms with E-state index in [2.05, 4.69) is 61.5 Å². The minimum atomic E-state index is 0.948. The molecule has 0 amide bonds. The lowest BCUT2D eigenvalue weighted by molar-refractivity contribution is 0.670. The Morgan fingerprint density at radius 3 is 2.09 bits per heavy atom. The molecule has 3 aromatic carbocycles. The van der Waals surface area contributed by atoms with Crippen molar-refractivity contribution in [3.05, 3.63) is 72.3 Å². The Balaban J connectivity index is 0.000000693. The van der Waals surface area contributed by atoms with Crippen LogP contribution in [-0.4, -0.2) is 0 Å². The Labute approximate surface area is 131 Å². The lowest BCUT2D eigenvalue weighted by Crippen LogP contribution is -1.82. The zero-order valence-corrected chi connectivity index (χ0v) is 13.3. The van der Waals surface area contributed by atoms with E-state index in [-0.39, 0.29) is 0 Å². The molecule has 1 nitrogen and oxygen atoms in total. The molecule has 110 valence electrons. The first-order valence-electron chi connectivity index (χ1n) is 7.81. The highest BCUT2D eigenvalue weighted by Crippen LogP contribution is 2.36. The van der Waals surface area contributed by atoms with Gasteiger partial charge in [0.25, 0.3) is 0 Å². The van der Waals surface area contributed by atoms with E-state index < -0.39 is 0 Å². The summed E-state index contributed by atoms with van der Waals surface area (Å²) in [5.74, 6) is 0. The third-order valence-electron chi connectivity index (χ3n) is 3.84. The number of benzene rings is 3. The molecule has 4 aromatic rings. The molecule has 1 heterocycles. The monoisotopic (exact) mass is 288 g/mol. The topological polar surface area (TPSA) is 13.1 Å². The normalized spacial score (nSPS) is 10.5. The van der Waals surface area contributed by atoms with Crippen LogP contribution in [0.25, 0.3) is 33.1 Å². The molecule has 0 aliphatic carbocycles. The number of para-hydroxylation sites is 2. The van der Waals surface area contributed by atoms with E-state index in [1.54, 1.807) is 0 Å².